The number of nitrogens with zero attached hydrogens (tertiary/aromatic N) is 1. The molecule has 0 spiro atoms. The maximum Gasteiger partial charge on any atom is 0.122 e. The standard InChI is InChI=1S/C19H27NO/c1-20(12-5-8-16-6-3-2-4-7-16)15-17-9-10-19-18(14-17)11-13-21-19/h5,8-10,14,16H,2-4,6-7,11-13,15H2,1H3/b8-5+. The lowest BCUT2D eigenvalue weighted by molar-refractivity contribution is 0.355. The zero-order valence-electron chi connectivity index (χ0n) is 13.2. The maximum absolute atomic E-state index is 5.57. The van der Waals surface area contributed by atoms with Crippen LogP contribution in [0.4, 0.5) is 0 Å². The molecule has 1 aliphatic heterocycles. The van der Waals surface area contributed by atoms with Gasteiger partial charge in [0.05, 0.1) is 6.61 Å². The molecule has 114 valence electrons. The molecule has 0 saturated heterocycles. The van der Waals surface area contributed by atoms with Crippen molar-refractivity contribution in [3.63, 3.8) is 0 Å². The minimum Gasteiger partial charge on any atom is -0.493 e. The zero-order valence-corrected chi connectivity index (χ0v) is 13.2. The molecular weight excluding hydrogens is 258 g/mol. The summed E-state index contributed by atoms with van der Waals surface area (Å²) in [6, 6.07) is 6.64. The third-order valence-corrected chi connectivity index (χ3v) is 4.68. The van der Waals surface area contributed by atoms with E-state index >= 15 is 0 Å². The highest BCUT2D eigenvalue weighted by atomic mass is 16.5. The van der Waals surface area contributed by atoms with Crippen LogP contribution >= 0.6 is 0 Å². The second-order valence-corrected chi connectivity index (χ2v) is 6.56. The molecule has 0 aromatic heterocycles. The van der Waals surface area contributed by atoms with Crippen molar-refractivity contribution < 1.29 is 4.74 Å². The third-order valence-electron chi connectivity index (χ3n) is 4.68. The fraction of sp³-hybridized carbons (Fsp3) is 0.579. The molecule has 1 saturated carbocycles. The van der Waals surface area contributed by atoms with Gasteiger partial charge >= 0.3 is 0 Å². The number of hydrogen-bond donors (Lipinski definition) is 0. The first-order valence-electron chi connectivity index (χ1n) is 8.41. The van der Waals surface area contributed by atoms with E-state index in [1.54, 1.807) is 0 Å². The van der Waals surface area contributed by atoms with E-state index in [0.29, 0.717) is 0 Å². The summed E-state index contributed by atoms with van der Waals surface area (Å²) in [5.74, 6) is 1.92. The van der Waals surface area contributed by atoms with Crippen LogP contribution in [-0.2, 0) is 13.0 Å². The first kappa shape index (κ1) is 14.6. The van der Waals surface area contributed by atoms with Gasteiger partial charge in [-0.1, -0.05) is 43.5 Å². The van der Waals surface area contributed by atoms with Gasteiger partial charge in [-0.3, -0.25) is 4.90 Å². The van der Waals surface area contributed by atoms with E-state index in [9.17, 15) is 0 Å². The summed E-state index contributed by atoms with van der Waals surface area (Å²) < 4.78 is 5.57. The first-order valence-corrected chi connectivity index (χ1v) is 8.41. The first-order chi connectivity index (χ1) is 10.3. The molecule has 0 amide bonds. The van der Waals surface area contributed by atoms with Crippen LogP contribution in [0.1, 0.15) is 43.2 Å². The minimum atomic E-state index is 0.837. The number of ether oxygens (including phenoxy) is 1. The fourth-order valence-corrected chi connectivity index (χ4v) is 3.47. The maximum atomic E-state index is 5.57. The number of hydrogen-bond acceptors (Lipinski definition) is 2. The molecule has 1 aliphatic carbocycles. The Balaban J connectivity index is 1.47. The molecule has 0 N–H and O–H groups in total. The fourth-order valence-electron chi connectivity index (χ4n) is 3.47. The number of fused-ring (bicyclic) bond motifs is 1. The van der Waals surface area contributed by atoms with Crippen LogP contribution in [-0.4, -0.2) is 25.1 Å². The van der Waals surface area contributed by atoms with Crippen LogP contribution in [0.25, 0.3) is 0 Å². The van der Waals surface area contributed by atoms with Crippen LogP contribution in [0.3, 0.4) is 0 Å². The van der Waals surface area contributed by atoms with Gasteiger partial charge < -0.3 is 4.74 Å². The highest BCUT2D eigenvalue weighted by Gasteiger charge is 2.12. The Morgan fingerprint density at radius 2 is 2.10 bits per heavy atom. The van der Waals surface area contributed by atoms with Crippen molar-refractivity contribution in [2.45, 2.75) is 45.1 Å². The second kappa shape index (κ2) is 7.13. The number of likely N-dealkylation sites (N-methyl/N-ethyl adjacent to an activating group) is 1. The molecule has 2 aliphatic rings. The largest absolute Gasteiger partial charge is 0.493 e. The van der Waals surface area contributed by atoms with E-state index in [1.165, 1.54) is 43.2 Å². The Morgan fingerprint density at radius 3 is 2.95 bits per heavy atom. The van der Waals surface area contributed by atoms with Crippen molar-refractivity contribution in [1.82, 2.24) is 4.90 Å². The van der Waals surface area contributed by atoms with Gasteiger partial charge in [0.15, 0.2) is 0 Å². The lowest BCUT2D eigenvalue weighted by Gasteiger charge is -2.19. The smallest absolute Gasteiger partial charge is 0.122 e. The second-order valence-electron chi connectivity index (χ2n) is 6.56. The molecule has 1 aromatic carbocycles. The number of benzene rings is 1. The van der Waals surface area contributed by atoms with E-state index in [2.05, 4.69) is 42.3 Å². The monoisotopic (exact) mass is 285 g/mol. The van der Waals surface area contributed by atoms with Gasteiger partial charge in [-0.15, -0.1) is 0 Å². The van der Waals surface area contributed by atoms with Crippen molar-refractivity contribution in [3.8, 4) is 5.75 Å². The summed E-state index contributed by atoms with van der Waals surface area (Å²) >= 11 is 0. The van der Waals surface area contributed by atoms with E-state index in [1.807, 2.05) is 0 Å². The molecule has 21 heavy (non-hydrogen) atoms. The van der Waals surface area contributed by atoms with Crippen molar-refractivity contribution in [3.05, 3.63) is 41.5 Å². The normalized spacial score (nSPS) is 19.1. The average molecular weight is 285 g/mol. The summed E-state index contributed by atoms with van der Waals surface area (Å²) in [5.41, 5.74) is 2.77. The quantitative estimate of drug-likeness (QED) is 0.752. The van der Waals surface area contributed by atoms with Crippen LogP contribution in [0, 0.1) is 5.92 Å². The molecule has 3 rings (SSSR count). The Kier molecular flexibility index (Phi) is 4.97. The van der Waals surface area contributed by atoms with Crippen LogP contribution in [0.5, 0.6) is 5.75 Å². The molecule has 0 radical (unpaired) electrons. The number of rotatable bonds is 5. The Hall–Kier alpha value is -1.28. The lowest BCUT2D eigenvalue weighted by Crippen LogP contribution is -2.18. The van der Waals surface area contributed by atoms with Gasteiger partial charge in [-0.2, -0.15) is 0 Å². The summed E-state index contributed by atoms with van der Waals surface area (Å²) in [7, 11) is 2.20. The molecular formula is C19H27NO. The van der Waals surface area contributed by atoms with Crippen LogP contribution < -0.4 is 4.74 Å². The van der Waals surface area contributed by atoms with Crippen molar-refractivity contribution in [1.29, 1.82) is 0 Å². The summed E-state index contributed by atoms with van der Waals surface area (Å²) in [4.78, 5) is 2.39. The minimum absolute atomic E-state index is 0.837. The van der Waals surface area contributed by atoms with Crippen LogP contribution in [0.2, 0.25) is 0 Å². The van der Waals surface area contributed by atoms with Gasteiger partial charge in [0.2, 0.25) is 0 Å². The summed E-state index contributed by atoms with van der Waals surface area (Å²) in [5, 5.41) is 0. The molecule has 0 atom stereocenters. The van der Waals surface area contributed by atoms with Crippen molar-refractivity contribution in [2.75, 3.05) is 20.2 Å². The highest BCUT2D eigenvalue weighted by molar-refractivity contribution is 5.39. The molecule has 1 fully saturated rings. The third kappa shape index (κ3) is 4.10. The molecule has 2 heteroatoms. The van der Waals surface area contributed by atoms with Gasteiger partial charge in [0.1, 0.15) is 5.75 Å². The van der Waals surface area contributed by atoms with E-state index in [0.717, 1.165) is 37.8 Å². The van der Waals surface area contributed by atoms with Gasteiger partial charge in [0.25, 0.3) is 0 Å². The molecule has 1 heterocycles. The topological polar surface area (TPSA) is 12.5 Å². The highest BCUT2D eigenvalue weighted by Crippen LogP contribution is 2.26. The van der Waals surface area contributed by atoms with E-state index < -0.39 is 0 Å². The molecule has 0 unspecified atom stereocenters. The zero-order chi connectivity index (χ0) is 14.5. The Bertz CT molecular complexity index is 488. The SMILES string of the molecule is CN(C/C=C/C1CCCCC1)Cc1ccc2c(c1)CCO2. The van der Waals surface area contributed by atoms with Gasteiger partial charge in [-0.05, 0) is 43.0 Å². The molecule has 1 aromatic rings. The lowest BCUT2D eigenvalue weighted by atomic mass is 9.89. The number of allylic oxidation sites excluding steroid dienone is 1. The van der Waals surface area contributed by atoms with E-state index in [-0.39, 0.29) is 0 Å². The van der Waals surface area contributed by atoms with Crippen molar-refractivity contribution in [2.24, 2.45) is 5.92 Å². The van der Waals surface area contributed by atoms with Crippen LogP contribution in [0.15, 0.2) is 30.4 Å². The summed E-state index contributed by atoms with van der Waals surface area (Å²) in [6.45, 7) is 2.91. The Morgan fingerprint density at radius 1 is 1.24 bits per heavy atom. The van der Waals surface area contributed by atoms with Gasteiger partial charge in [-0.25, -0.2) is 0 Å². The van der Waals surface area contributed by atoms with Gasteiger partial charge in [0, 0.05) is 19.5 Å². The predicted octanol–water partition coefficient (Wildman–Crippen LogP) is 4.19. The molecule has 2 nitrogen and oxygen atoms in total. The predicted molar refractivity (Wildman–Crippen MR) is 87.7 cm³/mol. The van der Waals surface area contributed by atoms with E-state index in [4.69, 9.17) is 4.74 Å². The average Bonchev–Trinajstić information content (AvgIpc) is 2.96. The molecule has 0 bridgehead atoms. The Labute approximate surface area is 128 Å². The van der Waals surface area contributed by atoms with Crippen molar-refractivity contribution >= 4 is 0 Å². The summed E-state index contributed by atoms with van der Waals surface area (Å²) in [6.07, 6.45) is 12.9.